The number of nitrogens with one attached hydrogen (secondary N) is 1. The molecule has 170 valence electrons. The molecule has 0 saturated carbocycles. The van der Waals surface area contributed by atoms with Gasteiger partial charge in [0.15, 0.2) is 5.96 Å². The second-order valence-electron chi connectivity index (χ2n) is 7.54. The minimum absolute atomic E-state index is 0. The van der Waals surface area contributed by atoms with E-state index in [2.05, 4.69) is 59.3 Å². The quantitative estimate of drug-likeness (QED) is 0.332. The molecule has 2 fully saturated rings. The Bertz CT molecular complexity index is 772. The van der Waals surface area contributed by atoms with Gasteiger partial charge in [-0.2, -0.15) is 0 Å². The number of nitrogens with zero attached hydrogens (tertiary/aromatic N) is 7. The Balaban J connectivity index is 0.00000272. The second kappa shape index (κ2) is 12.4. The van der Waals surface area contributed by atoms with Gasteiger partial charge in [0.05, 0.1) is 11.5 Å². The fourth-order valence-corrected chi connectivity index (χ4v) is 4.72. The Hall–Kier alpha value is -1.66. The largest absolute Gasteiger partial charge is 0.360 e. The number of halogens is 1. The van der Waals surface area contributed by atoms with E-state index >= 15 is 0 Å². The number of hydrogen-bond acceptors (Lipinski definition) is 7. The van der Waals surface area contributed by atoms with Crippen molar-refractivity contribution >= 4 is 52.2 Å². The molecule has 0 unspecified atom stereocenters. The highest BCUT2D eigenvalue weighted by Crippen LogP contribution is 2.22. The summed E-state index contributed by atoms with van der Waals surface area (Å²) in [6, 6.07) is 6.20. The zero-order chi connectivity index (χ0) is 20.6. The normalized spacial score (nSPS) is 18.1. The van der Waals surface area contributed by atoms with Crippen LogP contribution in [0.2, 0.25) is 0 Å². The monoisotopic (exact) mass is 556 g/mol. The average molecular weight is 557 g/mol. The molecule has 2 aliphatic heterocycles. The van der Waals surface area contributed by atoms with Crippen LogP contribution in [0.4, 0.5) is 10.9 Å². The van der Waals surface area contributed by atoms with E-state index in [0.717, 1.165) is 83.9 Å². The van der Waals surface area contributed by atoms with Gasteiger partial charge in [0.1, 0.15) is 0 Å². The summed E-state index contributed by atoms with van der Waals surface area (Å²) in [5, 5.41) is 7.01. The van der Waals surface area contributed by atoms with Crippen molar-refractivity contribution in [2.75, 3.05) is 81.8 Å². The molecule has 10 heteroatoms. The number of aliphatic imine (C=N–C) groups is 1. The minimum Gasteiger partial charge on any atom is -0.360 e. The maximum absolute atomic E-state index is 4.93. The van der Waals surface area contributed by atoms with Crippen LogP contribution in [0.15, 0.2) is 41.0 Å². The Morgan fingerprint density at radius 3 is 2.35 bits per heavy atom. The highest BCUT2D eigenvalue weighted by molar-refractivity contribution is 14.0. The lowest BCUT2D eigenvalue weighted by atomic mass is 10.3. The zero-order valence-electron chi connectivity index (χ0n) is 18.2. The highest BCUT2D eigenvalue weighted by Gasteiger charge is 2.21. The highest BCUT2D eigenvalue weighted by atomic mass is 127. The van der Waals surface area contributed by atoms with Gasteiger partial charge in [0.25, 0.3) is 0 Å². The number of piperazine rings is 2. The summed E-state index contributed by atoms with van der Waals surface area (Å²) in [5.41, 5.74) is 0. The molecule has 0 aliphatic carbocycles. The SMILES string of the molecule is CCNC(=NCCN1CCN(c2ncccn2)CC1)N1CCN(c2cccs2)CC1.I. The molecule has 0 amide bonds. The summed E-state index contributed by atoms with van der Waals surface area (Å²) in [6.45, 7) is 13.0. The molecule has 2 aliphatic rings. The molecule has 4 rings (SSSR count). The van der Waals surface area contributed by atoms with Crippen LogP contribution in [-0.2, 0) is 0 Å². The van der Waals surface area contributed by atoms with Crippen molar-refractivity contribution in [2.45, 2.75) is 6.92 Å². The van der Waals surface area contributed by atoms with E-state index in [0.29, 0.717) is 0 Å². The number of hydrogen-bond donors (Lipinski definition) is 1. The Morgan fingerprint density at radius 1 is 1.00 bits per heavy atom. The van der Waals surface area contributed by atoms with Crippen molar-refractivity contribution in [3.05, 3.63) is 36.0 Å². The number of aromatic nitrogens is 2. The van der Waals surface area contributed by atoms with Gasteiger partial charge in [-0.3, -0.25) is 9.89 Å². The molecule has 0 spiro atoms. The van der Waals surface area contributed by atoms with Crippen molar-refractivity contribution in [3.8, 4) is 0 Å². The van der Waals surface area contributed by atoms with Crippen LogP contribution in [-0.4, -0.2) is 97.7 Å². The number of rotatable bonds is 6. The van der Waals surface area contributed by atoms with E-state index < -0.39 is 0 Å². The van der Waals surface area contributed by atoms with Crippen LogP contribution in [0.1, 0.15) is 6.92 Å². The molecule has 31 heavy (non-hydrogen) atoms. The maximum Gasteiger partial charge on any atom is 0.225 e. The van der Waals surface area contributed by atoms with Crippen molar-refractivity contribution in [3.63, 3.8) is 0 Å². The van der Waals surface area contributed by atoms with Gasteiger partial charge in [-0.1, -0.05) is 0 Å². The second-order valence-corrected chi connectivity index (χ2v) is 8.46. The van der Waals surface area contributed by atoms with E-state index in [-0.39, 0.29) is 24.0 Å². The summed E-state index contributed by atoms with van der Waals surface area (Å²) in [6.07, 6.45) is 3.62. The third kappa shape index (κ3) is 6.66. The molecule has 4 heterocycles. The third-order valence-electron chi connectivity index (χ3n) is 5.62. The van der Waals surface area contributed by atoms with Crippen LogP contribution in [0.3, 0.4) is 0 Å². The van der Waals surface area contributed by atoms with Crippen LogP contribution in [0.5, 0.6) is 0 Å². The molecular weight excluding hydrogens is 523 g/mol. The zero-order valence-corrected chi connectivity index (χ0v) is 21.3. The van der Waals surface area contributed by atoms with E-state index in [9.17, 15) is 0 Å². The molecule has 2 saturated heterocycles. The Kier molecular flexibility index (Phi) is 9.59. The first kappa shape index (κ1) is 24.0. The molecule has 0 aromatic carbocycles. The van der Waals surface area contributed by atoms with Gasteiger partial charge in [-0.15, -0.1) is 35.3 Å². The lowest BCUT2D eigenvalue weighted by molar-refractivity contribution is 0.263. The van der Waals surface area contributed by atoms with Crippen LogP contribution >= 0.6 is 35.3 Å². The third-order valence-corrected chi connectivity index (χ3v) is 6.55. The maximum atomic E-state index is 4.93. The first-order chi connectivity index (χ1) is 14.8. The summed E-state index contributed by atoms with van der Waals surface area (Å²) in [5.74, 6) is 1.89. The Labute approximate surface area is 206 Å². The van der Waals surface area contributed by atoms with Gasteiger partial charge in [-0.25, -0.2) is 9.97 Å². The van der Waals surface area contributed by atoms with Gasteiger partial charge in [0, 0.05) is 77.8 Å². The molecule has 2 aromatic rings. The summed E-state index contributed by atoms with van der Waals surface area (Å²) < 4.78 is 0. The molecule has 0 atom stereocenters. The van der Waals surface area contributed by atoms with E-state index in [1.165, 1.54) is 5.00 Å². The molecule has 8 nitrogen and oxygen atoms in total. The van der Waals surface area contributed by atoms with Gasteiger partial charge < -0.3 is 20.0 Å². The Morgan fingerprint density at radius 2 is 1.71 bits per heavy atom. The smallest absolute Gasteiger partial charge is 0.225 e. The van der Waals surface area contributed by atoms with E-state index in [4.69, 9.17) is 4.99 Å². The first-order valence-corrected chi connectivity index (χ1v) is 11.8. The lowest BCUT2D eigenvalue weighted by Crippen LogP contribution is -2.52. The van der Waals surface area contributed by atoms with Crippen LogP contribution < -0.4 is 15.1 Å². The van der Waals surface area contributed by atoms with Crippen LogP contribution in [0.25, 0.3) is 0 Å². The van der Waals surface area contributed by atoms with Gasteiger partial charge >= 0.3 is 0 Å². The lowest BCUT2D eigenvalue weighted by Gasteiger charge is -2.37. The minimum atomic E-state index is 0. The van der Waals surface area contributed by atoms with Gasteiger partial charge in [0.2, 0.25) is 5.95 Å². The summed E-state index contributed by atoms with van der Waals surface area (Å²) in [7, 11) is 0. The summed E-state index contributed by atoms with van der Waals surface area (Å²) in [4.78, 5) is 23.3. The first-order valence-electron chi connectivity index (χ1n) is 10.9. The summed E-state index contributed by atoms with van der Waals surface area (Å²) >= 11 is 1.82. The van der Waals surface area contributed by atoms with Crippen molar-refractivity contribution in [1.82, 2.24) is 25.1 Å². The number of thiophene rings is 1. The number of guanidine groups is 1. The standard InChI is InChI=1S/C21H32N8S.HI/c1-2-22-20(29-16-14-27(15-17-29)19-5-3-18-30-19)25-8-9-26-10-12-28(13-11-26)21-23-6-4-7-24-21;/h3-7,18H,2,8-17H2,1H3,(H,22,25);1H. The topological polar surface area (TPSA) is 63.1 Å². The van der Waals surface area contributed by atoms with E-state index in [1.54, 1.807) is 0 Å². The van der Waals surface area contributed by atoms with Crippen molar-refractivity contribution in [1.29, 1.82) is 0 Å². The molecular formula is C21H33IN8S. The van der Waals surface area contributed by atoms with E-state index in [1.807, 2.05) is 29.8 Å². The van der Waals surface area contributed by atoms with Gasteiger partial charge in [-0.05, 0) is 30.5 Å². The van der Waals surface area contributed by atoms with Crippen molar-refractivity contribution in [2.24, 2.45) is 4.99 Å². The van der Waals surface area contributed by atoms with Crippen molar-refractivity contribution < 1.29 is 0 Å². The molecule has 1 N–H and O–H groups in total. The predicted molar refractivity (Wildman–Crippen MR) is 140 cm³/mol. The average Bonchev–Trinajstić information content (AvgIpc) is 3.35. The van der Waals surface area contributed by atoms with Crippen LogP contribution in [0, 0.1) is 0 Å². The molecule has 2 aromatic heterocycles. The predicted octanol–water partition coefficient (Wildman–Crippen LogP) is 2.07. The molecule has 0 bridgehead atoms. The fraction of sp³-hybridized carbons (Fsp3) is 0.571. The molecule has 0 radical (unpaired) electrons. The number of anilines is 2. The fourth-order valence-electron chi connectivity index (χ4n) is 3.94.